The first-order chi connectivity index (χ1) is 12.7. The Hall–Kier alpha value is -1.20. The van der Waals surface area contributed by atoms with E-state index in [0.717, 1.165) is 5.56 Å². The van der Waals surface area contributed by atoms with Crippen LogP contribution in [0, 0.1) is 0 Å². The van der Waals surface area contributed by atoms with E-state index in [1.165, 1.54) is 4.31 Å². The first kappa shape index (κ1) is 20.5. The van der Waals surface area contributed by atoms with Gasteiger partial charge in [0.25, 0.3) is 0 Å². The Labute approximate surface area is 160 Å². The van der Waals surface area contributed by atoms with E-state index < -0.39 is 37.4 Å². The maximum Gasteiger partial charge on any atom is 0.214 e. The van der Waals surface area contributed by atoms with Gasteiger partial charge in [0.1, 0.15) is 11.9 Å². The van der Waals surface area contributed by atoms with Crippen molar-refractivity contribution < 1.29 is 26.3 Å². The van der Waals surface area contributed by atoms with Gasteiger partial charge in [-0.2, -0.15) is 4.31 Å². The fraction of sp³-hybridized carbons (Fsp3) is 0.647. The van der Waals surface area contributed by atoms with Gasteiger partial charge in [-0.25, -0.2) is 21.6 Å². The first-order valence-electron chi connectivity index (χ1n) is 9.00. The SMILES string of the molecule is CC(C)S(=O)(=O)NC1COCC1Oc1ccc(CN2CCCS2(=O)=O)cc1. The molecule has 2 aliphatic heterocycles. The van der Waals surface area contributed by atoms with Crippen molar-refractivity contribution in [2.24, 2.45) is 0 Å². The summed E-state index contributed by atoms with van der Waals surface area (Å²) in [6, 6.07) is 6.75. The molecule has 0 aromatic heterocycles. The summed E-state index contributed by atoms with van der Waals surface area (Å²) in [6.45, 7) is 4.71. The molecule has 3 rings (SSSR count). The Balaban J connectivity index is 1.60. The second-order valence-electron chi connectivity index (χ2n) is 7.16. The molecule has 0 bridgehead atoms. The van der Waals surface area contributed by atoms with Gasteiger partial charge in [-0.05, 0) is 38.0 Å². The van der Waals surface area contributed by atoms with E-state index in [1.807, 2.05) is 12.1 Å². The van der Waals surface area contributed by atoms with Crippen LogP contribution < -0.4 is 9.46 Å². The molecule has 0 saturated carbocycles. The monoisotopic (exact) mass is 418 g/mol. The van der Waals surface area contributed by atoms with E-state index in [9.17, 15) is 16.8 Å². The van der Waals surface area contributed by atoms with Gasteiger partial charge in [0, 0.05) is 13.1 Å². The molecule has 2 aliphatic rings. The van der Waals surface area contributed by atoms with Gasteiger partial charge in [0.2, 0.25) is 20.0 Å². The topological polar surface area (TPSA) is 102 Å². The molecular weight excluding hydrogens is 392 g/mol. The van der Waals surface area contributed by atoms with Crippen LogP contribution in [0.3, 0.4) is 0 Å². The average molecular weight is 419 g/mol. The minimum atomic E-state index is -3.41. The van der Waals surface area contributed by atoms with E-state index in [1.54, 1.807) is 26.0 Å². The van der Waals surface area contributed by atoms with Gasteiger partial charge in [0.05, 0.1) is 30.3 Å². The van der Waals surface area contributed by atoms with Crippen molar-refractivity contribution in [1.82, 2.24) is 9.03 Å². The fourth-order valence-corrected chi connectivity index (χ4v) is 5.45. The van der Waals surface area contributed by atoms with Crippen molar-refractivity contribution in [3.63, 3.8) is 0 Å². The summed E-state index contributed by atoms with van der Waals surface area (Å²) in [7, 11) is -6.54. The number of hydrogen-bond donors (Lipinski definition) is 1. The summed E-state index contributed by atoms with van der Waals surface area (Å²) >= 11 is 0. The van der Waals surface area contributed by atoms with Gasteiger partial charge in [-0.1, -0.05) is 12.1 Å². The molecule has 10 heteroatoms. The number of ether oxygens (including phenoxy) is 2. The third-order valence-corrected chi connectivity index (χ3v) is 8.51. The summed E-state index contributed by atoms with van der Waals surface area (Å²) in [6.07, 6.45) is 0.252. The second kappa shape index (κ2) is 8.04. The Kier molecular flexibility index (Phi) is 6.11. The van der Waals surface area contributed by atoms with Crippen LogP contribution in [-0.2, 0) is 31.3 Å². The third-order valence-electron chi connectivity index (χ3n) is 4.74. The number of rotatable bonds is 7. The maximum absolute atomic E-state index is 12.1. The molecule has 2 saturated heterocycles. The fourth-order valence-electron chi connectivity index (χ4n) is 3.03. The number of nitrogens with zero attached hydrogens (tertiary/aromatic N) is 1. The van der Waals surface area contributed by atoms with Gasteiger partial charge < -0.3 is 9.47 Å². The molecule has 27 heavy (non-hydrogen) atoms. The predicted octanol–water partition coefficient (Wildman–Crippen LogP) is 0.696. The largest absolute Gasteiger partial charge is 0.486 e. The smallest absolute Gasteiger partial charge is 0.214 e. The van der Waals surface area contributed by atoms with Crippen LogP contribution in [0.15, 0.2) is 24.3 Å². The quantitative estimate of drug-likeness (QED) is 0.699. The van der Waals surface area contributed by atoms with Crippen molar-refractivity contribution in [3.8, 4) is 5.75 Å². The summed E-state index contributed by atoms with van der Waals surface area (Å²) in [5, 5.41) is -0.528. The molecule has 2 unspecified atom stereocenters. The lowest BCUT2D eigenvalue weighted by molar-refractivity contribution is 0.140. The summed E-state index contributed by atoms with van der Waals surface area (Å²) in [5.74, 6) is 0.802. The molecule has 0 spiro atoms. The van der Waals surface area contributed by atoms with E-state index in [-0.39, 0.29) is 12.4 Å². The van der Waals surface area contributed by atoms with E-state index in [2.05, 4.69) is 4.72 Å². The highest BCUT2D eigenvalue weighted by atomic mass is 32.2. The van der Waals surface area contributed by atoms with Gasteiger partial charge >= 0.3 is 0 Å². The lowest BCUT2D eigenvalue weighted by Crippen LogP contribution is -2.47. The summed E-state index contributed by atoms with van der Waals surface area (Å²) in [5.41, 5.74) is 0.882. The molecule has 1 aromatic rings. The number of nitrogens with one attached hydrogen (secondary N) is 1. The Morgan fingerprint density at radius 2 is 1.96 bits per heavy atom. The number of sulfonamides is 2. The molecule has 152 valence electrons. The first-order valence-corrected chi connectivity index (χ1v) is 12.2. The molecule has 1 N–H and O–H groups in total. The third kappa shape index (κ3) is 5.00. The van der Waals surface area contributed by atoms with Crippen LogP contribution in [0.5, 0.6) is 5.75 Å². The zero-order valence-corrected chi connectivity index (χ0v) is 17.1. The lowest BCUT2D eigenvalue weighted by Gasteiger charge is -2.22. The van der Waals surface area contributed by atoms with Crippen molar-refractivity contribution >= 4 is 20.0 Å². The molecule has 0 radical (unpaired) electrons. The van der Waals surface area contributed by atoms with Crippen LogP contribution in [0.2, 0.25) is 0 Å². The van der Waals surface area contributed by atoms with Crippen LogP contribution in [0.25, 0.3) is 0 Å². The highest BCUT2D eigenvalue weighted by Crippen LogP contribution is 2.22. The van der Waals surface area contributed by atoms with Crippen LogP contribution >= 0.6 is 0 Å². The Morgan fingerprint density at radius 1 is 1.26 bits per heavy atom. The van der Waals surface area contributed by atoms with Gasteiger partial charge in [-0.15, -0.1) is 0 Å². The normalized spacial score (nSPS) is 25.9. The summed E-state index contributed by atoms with van der Waals surface area (Å²) in [4.78, 5) is 0. The molecule has 1 aromatic carbocycles. The highest BCUT2D eigenvalue weighted by Gasteiger charge is 2.34. The number of benzene rings is 1. The molecular formula is C17H26N2O6S2. The standard InChI is InChI=1S/C17H26N2O6S2/c1-13(2)27(22,23)18-16-11-24-12-17(16)25-15-6-4-14(5-7-15)10-19-8-3-9-26(19,20)21/h4-7,13,16-18H,3,8-12H2,1-2H3. The van der Waals surface area contributed by atoms with Gasteiger partial charge in [0.15, 0.2) is 0 Å². The molecule has 0 amide bonds. The van der Waals surface area contributed by atoms with E-state index in [4.69, 9.17) is 9.47 Å². The molecule has 0 aliphatic carbocycles. The molecule has 8 nitrogen and oxygen atoms in total. The van der Waals surface area contributed by atoms with Crippen LogP contribution in [-0.4, -0.2) is 64.0 Å². The lowest BCUT2D eigenvalue weighted by atomic mass is 10.2. The highest BCUT2D eigenvalue weighted by molar-refractivity contribution is 7.90. The zero-order chi connectivity index (χ0) is 19.7. The minimum absolute atomic E-state index is 0.212. The molecule has 2 heterocycles. The zero-order valence-electron chi connectivity index (χ0n) is 15.5. The Morgan fingerprint density at radius 3 is 2.56 bits per heavy atom. The van der Waals surface area contributed by atoms with Crippen LogP contribution in [0.1, 0.15) is 25.8 Å². The predicted molar refractivity (Wildman–Crippen MR) is 101 cm³/mol. The molecule has 2 fully saturated rings. The maximum atomic E-state index is 12.1. The average Bonchev–Trinajstić information content (AvgIpc) is 3.15. The minimum Gasteiger partial charge on any atom is -0.486 e. The number of hydrogen-bond acceptors (Lipinski definition) is 6. The van der Waals surface area contributed by atoms with Crippen molar-refractivity contribution in [2.75, 3.05) is 25.5 Å². The van der Waals surface area contributed by atoms with Crippen molar-refractivity contribution in [2.45, 2.75) is 44.2 Å². The van der Waals surface area contributed by atoms with Crippen molar-refractivity contribution in [3.05, 3.63) is 29.8 Å². The Bertz CT molecular complexity index is 852. The van der Waals surface area contributed by atoms with Crippen molar-refractivity contribution in [1.29, 1.82) is 0 Å². The second-order valence-corrected chi connectivity index (χ2v) is 11.5. The summed E-state index contributed by atoms with van der Waals surface area (Å²) < 4.78 is 63.3. The van der Waals surface area contributed by atoms with Gasteiger partial charge in [-0.3, -0.25) is 0 Å². The van der Waals surface area contributed by atoms with E-state index in [0.29, 0.717) is 31.9 Å². The van der Waals surface area contributed by atoms with Crippen LogP contribution in [0.4, 0.5) is 0 Å². The van der Waals surface area contributed by atoms with E-state index >= 15 is 0 Å². The molecule has 2 atom stereocenters.